The molecule has 0 spiro atoms. The molecule has 2 saturated heterocycles. The monoisotopic (exact) mass is 236 g/mol. The summed E-state index contributed by atoms with van der Waals surface area (Å²) < 4.78 is 5.56. The molecule has 3 rings (SSSR count). The van der Waals surface area contributed by atoms with E-state index in [1.54, 1.807) is 0 Å². The second-order valence-electron chi connectivity index (χ2n) is 5.13. The molecule has 0 saturated carbocycles. The second-order valence-corrected chi connectivity index (χ2v) is 5.13. The van der Waals surface area contributed by atoms with E-state index in [0.717, 1.165) is 0 Å². The minimum Gasteiger partial charge on any atom is -0.365 e. The molecule has 0 radical (unpaired) electrons. The van der Waals surface area contributed by atoms with E-state index in [9.17, 15) is 9.59 Å². The van der Waals surface area contributed by atoms with Crippen LogP contribution in [-0.2, 0) is 14.3 Å². The lowest BCUT2D eigenvalue weighted by Crippen LogP contribution is -2.38. The van der Waals surface area contributed by atoms with Gasteiger partial charge in [0.2, 0.25) is 11.8 Å². The summed E-state index contributed by atoms with van der Waals surface area (Å²) in [6.07, 6.45) is 3.47. The number of likely N-dealkylation sites (tertiary alicyclic amines) is 1. The van der Waals surface area contributed by atoms with E-state index in [1.165, 1.54) is 4.90 Å². The Kier molecular flexibility index (Phi) is 2.34. The van der Waals surface area contributed by atoms with Gasteiger partial charge in [-0.3, -0.25) is 14.5 Å². The zero-order valence-corrected chi connectivity index (χ0v) is 10.00. The Labute approximate surface area is 100 Å². The first-order chi connectivity index (χ1) is 8.09. The maximum atomic E-state index is 12.2. The van der Waals surface area contributed by atoms with Crippen LogP contribution >= 0.6 is 0 Å². The number of carbonyl (C=O) groups excluding carboxylic acids is 2. The van der Waals surface area contributed by atoms with Gasteiger partial charge >= 0.3 is 0 Å². The third-order valence-electron chi connectivity index (χ3n) is 3.77. The predicted molar refractivity (Wildman–Crippen MR) is 60.1 cm³/mol. The van der Waals surface area contributed by atoms with Crippen LogP contribution in [-0.4, -0.2) is 61.0 Å². The van der Waals surface area contributed by atoms with E-state index in [4.69, 9.17) is 4.74 Å². The molecule has 0 aliphatic carbocycles. The van der Waals surface area contributed by atoms with Gasteiger partial charge in [0.15, 0.2) is 0 Å². The summed E-state index contributed by atoms with van der Waals surface area (Å²) in [5.74, 6) is -0.642. The molecular weight excluding hydrogens is 220 g/mol. The summed E-state index contributed by atoms with van der Waals surface area (Å²) in [4.78, 5) is 27.7. The van der Waals surface area contributed by atoms with Crippen molar-refractivity contribution in [1.82, 2.24) is 9.80 Å². The second kappa shape index (κ2) is 3.65. The van der Waals surface area contributed by atoms with Crippen molar-refractivity contribution in [1.29, 1.82) is 0 Å². The fourth-order valence-corrected chi connectivity index (χ4v) is 2.89. The van der Waals surface area contributed by atoms with Gasteiger partial charge in [-0.05, 0) is 14.1 Å². The van der Waals surface area contributed by atoms with Crippen molar-refractivity contribution in [2.45, 2.75) is 12.2 Å². The van der Waals surface area contributed by atoms with Gasteiger partial charge in [0, 0.05) is 13.1 Å². The molecule has 3 heterocycles. The Balaban J connectivity index is 1.78. The standard InChI is InChI=1S/C12H16N2O3/c1-13(2)5-6-14-11(15)9-7-3-4-8(17-7)10(9)12(14)16/h3-4,7-10H,5-6H2,1-2H3/t7-,8+,9-,10+. The van der Waals surface area contributed by atoms with Gasteiger partial charge < -0.3 is 9.64 Å². The first kappa shape index (κ1) is 10.9. The summed E-state index contributed by atoms with van der Waals surface area (Å²) in [5, 5.41) is 0. The molecule has 0 N–H and O–H groups in total. The van der Waals surface area contributed by atoms with Crippen LogP contribution in [0.3, 0.4) is 0 Å². The molecule has 3 aliphatic rings. The van der Waals surface area contributed by atoms with E-state index in [1.807, 2.05) is 31.1 Å². The Hall–Kier alpha value is -1.20. The Morgan fingerprint density at radius 2 is 1.71 bits per heavy atom. The Morgan fingerprint density at radius 1 is 1.18 bits per heavy atom. The minimum atomic E-state index is -0.264. The average molecular weight is 236 g/mol. The number of imide groups is 1. The van der Waals surface area contributed by atoms with E-state index >= 15 is 0 Å². The van der Waals surface area contributed by atoms with Crippen molar-refractivity contribution in [3.63, 3.8) is 0 Å². The largest absolute Gasteiger partial charge is 0.365 e. The summed E-state index contributed by atoms with van der Waals surface area (Å²) in [7, 11) is 3.86. The smallest absolute Gasteiger partial charge is 0.236 e. The molecule has 0 unspecified atom stereocenters. The van der Waals surface area contributed by atoms with Crippen LogP contribution in [0.15, 0.2) is 12.2 Å². The summed E-state index contributed by atoms with van der Waals surface area (Å²) >= 11 is 0. The first-order valence-electron chi connectivity index (χ1n) is 5.93. The number of hydrogen-bond acceptors (Lipinski definition) is 4. The van der Waals surface area contributed by atoms with Crippen molar-refractivity contribution in [3.05, 3.63) is 12.2 Å². The third kappa shape index (κ3) is 1.46. The average Bonchev–Trinajstić information content (AvgIpc) is 2.92. The number of ether oxygens (including phenoxy) is 1. The van der Waals surface area contributed by atoms with Crippen LogP contribution in [0.2, 0.25) is 0 Å². The molecule has 0 aromatic carbocycles. The maximum absolute atomic E-state index is 12.2. The highest BCUT2D eigenvalue weighted by molar-refractivity contribution is 6.06. The van der Waals surface area contributed by atoms with Gasteiger partial charge in [-0.15, -0.1) is 0 Å². The number of carbonyl (C=O) groups is 2. The molecule has 17 heavy (non-hydrogen) atoms. The lowest BCUT2D eigenvalue weighted by Gasteiger charge is -2.19. The number of amides is 2. The van der Waals surface area contributed by atoms with Crippen LogP contribution in [0.5, 0.6) is 0 Å². The van der Waals surface area contributed by atoms with Gasteiger partial charge in [-0.2, -0.15) is 0 Å². The number of nitrogens with zero attached hydrogens (tertiary/aromatic N) is 2. The quantitative estimate of drug-likeness (QED) is 0.489. The van der Waals surface area contributed by atoms with E-state index in [-0.39, 0.29) is 35.9 Å². The Bertz CT molecular complexity index is 375. The van der Waals surface area contributed by atoms with Crippen molar-refractivity contribution < 1.29 is 14.3 Å². The van der Waals surface area contributed by atoms with Gasteiger partial charge in [-0.25, -0.2) is 0 Å². The molecule has 2 amide bonds. The topological polar surface area (TPSA) is 49.9 Å². The molecule has 0 aromatic heterocycles. The predicted octanol–water partition coefficient (Wildman–Crippen LogP) is -0.514. The zero-order valence-electron chi connectivity index (χ0n) is 10.00. The number of fused-ring (bicyclic) bond motifs is 5. The van der Waals surface area contributed by atoms with Crippen molar-refractivity contribution in [2.24, 2.45) is 11.8 Å². The number of hydrogen-bond donors (Lipinski definition) is 0. The summed E-state index contributed by atoms with van der Waals surface area (Å²) in [5.41, 5.74) is 0. The lowest BCUT2D eigenvalue weighted by molar-refractivity contribution is -0.142. The van der Waals surface area contributed by atoms with Crippen molar-refractivity contribution in [3.8, 4) is 0 Å². The Morgan fingerprint density at radius 3 is 2.18 bits per heavy atom. The first-order valence-corrected chi connectivity index (χ1v) is 5.93. The molecular formula is C12H16N2O3. The number of likely N-dealkylation sites (N-methyl/N-ethyl adjacent to an activating group) is 1. The van der Waals surface area contributed by atoms with Gasteiger partial charge in [0.1, 0.15) is 0 Å². The van der Waals surface area contributed by atoms with E-state index in [2.05, 4.69) is 0 Å². The summed E-state index contributed by atoms with van der Waals surface area (Å²) in [6, 6.07) is 0. The van der Waals surface area contributed by atoms with Crippen molar-refractivity contribution in [2.75, 3.05) is 27.2 Å². The molecule has 0 aromatic rings. The minimum absolute atomic E-state index is 0.0568. The van der Waals surface area contributed by atoms with Crippen LogP contribution in [0, 0.1) is 11.8 Å². The fourth-order valence-electron chi connectivity index (χ4n) is 2.89. The fraction of sp³-hybridized carbons (Fsp3) is 0.667. The third-order valence-corrected chi connectivity index (χ3v) is 3.77. The molecule has 4 atom stereocenters. The molecule has 2 fully saturated rings. The molecule has 2 bridgehead atoms. The van der Waals surface area contributed by atoms with Gasteiger partial charge in [0.25, 0.3) is 0 Å². The van der Waals surface area contributed by atoms with Crippen molar-refractivity contribution >= 4 is 11.8 Å². The highest BCUT2D eigenvalue weighted by Gasteiger charge is 2.60. The molecule has 5 nitrogen and oxygen atoms in total. The van der Waals surface area contributed by atoms with E-state index < -0.39 is 0 Å². The maximum Gasteiger partial charge on any atom is 0.236 e. The highest BCUT2D eigenvalue weighted by Crippen LogP contribution is 2.44. The van der Waals surface area contributed by atoms with Gasteiger partial charge in [0.05, 0.1) is 24.0 Å². The van der Waals surface area contributed by atoms with Crippen LogP contribution < -0.4 is 0 Å². The molecule has 92 valence electrons. The van der Waals surface area contributed by atoms with Crippen LogP contribution in [0.25, 0.3) is 0 Å². The summed E-state index contributed by atoms with van der Waals surface area (Å²) in [6.45, 7) is 1.19. The van der Waals surface area contributed by atoms with Crippen LogP contribution in [0.1, 0.15) is 0 Å². The highest BCUT2D eigenvalue weighted by atomic mass is 16.5. The van der Waals surface area contributed by atoms with Crippen LogP contribution in [0.4, 0.5) is 0 Å². The molecule has 3 aliphatic heterocycles. The normalized spacial score (nSPS) is 38.6. The SMILES string of the molecule is CN(C)CCN1C(=O)[C@@H]2[C@H](C1=O)[C@H]1C=C[C@@H]2O1. The number of rotatable bonds is 3. The lowest BCUT2D eigenvalue weighted by atomic mass is 9.85. The van der Waals surface area contributed by atoms with Gasteiger partial charge in [-0.1, -0.05) is 12.2 Å². The zero-order chi connectivity index (χ0) is 12.2. The van der Waals surface area contributed by atoms with E-state index in [0.29, 0.717) is 13.1 Å². The molecule has 5 heteroatoms.